The van der Waals surface area contributed by atoms with Crippen LogP contribution in [0.1, 0.15) is 18.4 Å². The van der Waals surface area contributed by atoms with Crippen molar-refractivity contribution in [2.45, 2.75) is 25.4 Å². The first-order valence-corrected chi connectivity index (χ1v) is 8.00. The molecule has 1 aliphatic heterocycles. The van der Waals surface area contributed by atoms with E-state index >= 15 is 0 Å². The standard InChI is InChI=1S/C14H20ClNO2S/c1-17-12-4-3-10(13(15)14(12)18-2)9-16-11-5-7-19-8-6-11/h3-4,11,16H,5-9H2,1-2H3. The van der Waals surface area contributed by atoms with Crippen molar-refractivity contribution in [2.75, 3.05) is 25.7 Å². The second-order valence-electron chi connectivity index (χ2n) is 4.54. The van der Waals surface area contributed by atoms with Crippen LogP contribution in [-0.4, -0.2) is 31.8 Å². The zero-order valence-electron chi connectivity index (χ0n) is 11.4. The maximum absolute atomic E-state index is 6.36. The molecule has 0 amide bonds. The number of benzene rings is 1. The van der Waals surface area contributed by atoms with E-state index in [0.717, 1.165) is 12.1 Å². The molecular weight excluding hydrogens is 282 g/mol. The van der Waals surface area contributed by atoms with Gasteiger partial charge in [-0.15, -0.1) is 0 Å². The minimum atomic E-state index is 0.602. The van der Waals surface area contributed by atoms with Gasteiger partial charge in [-0.3, -0.25) is 0 Å². The number of ether oxygens (including phenoxy) is 2. The summed E-state index contributed by atoms with van der Waals surface area (Å²) in [6.07, 6.45) is 2.46. The molecule has 1 N–H and O–H groups in total. The Morgan fingerprint density at radius 3 is 2.63 bits per heavy atom. The average molecular weight is 302 g/mol. The van der Waals surface area contributed by atoms with Gasteiger partial charge in [0.1, 0.15) is 0 Å². The molecule has 0 aliphatic carbocycles. The van der Waals surface area contributed by atoms with E-state index in [-0.39, 0.29) is 0 Å². The maximum atomic E-state index is 6.36. The monoisotopic (exact) mass is 301 g/mol. The summed E-state index contributed by atoms with van der Waals surface area (Å²) in [6.45, 7) is 0.772. The minimum Gasteiger partial charge on any atom is -0.493 e. The quantitative estimate of drug-likeness (QED) is 0.903. The highest BCUT2D eigenvalue weighted by molar-refractivity contribution is 7.99. The van der Waals surface area contributed by atoms with Crippen molar-refractivity contribution in [3.05, 3.63) is 22.7 Å². The van der Waals surface area contributed by atoms with E-state index in [2.05, 4.69) is 5.32 Å². The van der Waals surface area contributed by atoms with E-state index in [1.165, 1.54) is 24.3 Å². The van der Waals surface area contributed by atoms with Gasteiger partial charge in [-0.2, -0.15) is 11.8 Å². The van der Waals surface area contributed by atoms with Gasteiger partial charge in [-0.25, -0.2) is 0 Å². The molecule has 1 aromatic carbocycles. The number of thioether (sulfide) groups is 1. The van der Waals surface area contributed by atoms with Crippen LogP contribution in [0.2, 0.25) is 5.02 Å². The SMILES string of the molecule is COc1ccc(CNC2CCSCC2)c(Cl)c1OC. The van der Waals surface area contributed by atoms with Crippen molar-refractivity contribution in [3.8, 4) is 11.5 Å². The van der Waals surface area contributed by atoms with Crippen molar-refractivity contribution < 1.29 is 9.47 Å². The van der Waals surface area contributed by atoms with Crippen molar-refractivity contribution in [2.24, 2.45) is 0 Å². The molecule has 0 unspecified atom stereocenters. The van der Waals surface area contributed by atoms with Gasteiger partial charge in [0.25, 0.3) is 0 Å². The predicted molar refractivity (Wildman–Crippen MR) is 81.7 cm³/mol. The van der Waals surface area contributed by atoms with Crippen LogP contribution in [0, 0.1) is 0 Å². The molecule has 0 aromatic heterocycles. The van der Waals surface area contributed by atoms with Crippen molar-refractivity contribution in [1.82, 2.24) is 5.32 Å². The number of nitrogens with one attached hydrogen (secondary N) is 1. The molecule has 0 radical (unpaired) electrons. The van der Waals surface area contributed by atoms with Gasteiger partial charge in [0.15, 0.2) is 11.5 Å². The van der Waals surface area contributed by atoms with Crippen LogP contribution in [0.5, 0.6) is 11.5 Å². The third-order valence-electron chi connectivity index (χ3n) is 3.37. The van der Waals surface area contributed by atoms with E-state index in [0.29, 0.717) is 22.6 Å². The first-order valence-electron chi connectivity index (χ1n) is 6.46. The highest BCUT2D eigenvalue weighted by Crippen LogP contribution is 2.37. The fourth-order valence-electron chi connectivity index (χ4n) is 2.22. The van der Waals surface area contributed by atoms with Gasteiger partial charge in [0, 0.05) is 12.6 Å². The Labute approximate surface area is 124 Å². The minimum absolute atomic E-state index is 0.602. The Kier molecular flexibility index (Phi) is 5.67. The molecule has 1 saturated heterocycles. The van der Waals surface area contributed by atoms with Crippen molar-refractivity contribution in [1.29, 1.82) is 0 Å². The van der Waals surface area contributed by atoms with Crippen LogP contribution in [0.25, 0.3) is 0 Å². The lowest BCUT2D eigenvalue weighted by atomic mass is 10.1. The molecule has 1 aliphatic rings. The molecule has 3 nitrogen and oxygen atoms in total. The maximum Gasteiger partial charge on any atom is 0.179 e. The summed E-state index contributed by atoms with van der Waals surface area (Å²) >= 11 is 8.39. The van der Waals surface area contributed by atoms with Crippen LogP contribution in [0.4, 0.5) is 0 Å². The predicted octanol–water partition coefficient (Wildman–Crippen LogP) is 3.34. The van der Waals surface area contributed by atoms with E-state index in [9.17, 15) is 0 Å². The summed E-state index contributed by atoms with van der Waals surface area (Å²) < 4.78 is 10.5. The molecule has 1 fully saturated rings. The lowest BCUT2D eigenvalue weighted by molar-refractivity contribution is 0.354. The van der Waals surface area contributed by atoms with Crippen LogP contribution in [-0.2, 0) is 6.54 Å². The molecule has 0 spiro atoms. The summed E-state index contributed by atoms with van der Waals surface area (Å²) in [5, 5.41) is 4.21. The van der Waals surface area contributed by atoms with Gasteiger partial charge in [-0.05, 0) is 36.0 Å². The zero-order chi connectivity index (χ0) is 13.7. The molecule has 0 bridgehead atoms. The zero-order valence-corrected chi connectivity index (χ0v) is 12.9. The van der Waals surface area contributed by atoms with E-state index in [4.69, 9.17) is 21.1 Å². The first-order chi connectivity index (χ1) is 9.26. The number of methoxy groups -OCH3 is 2. The summed E-state index contributed by atoms with van der Waals surface area (Å²) in [4.78, 5) is 0. The second kappa shape index (κ2) is 7.27. The third kappa shape index (κ3) is 3.71. The summed E-state index contributed by atoms with van der Waals surface area (Å²) in [5.41, 5.74) is 1.05. The molecule has 0 atom stereocenters. The Morgan fingerprint density at radius 1 is 1.26 bits per heavy atom. The second-order valence-corrected chi connectivity index (χ2v) is 6.14. The highest BCUT2D eigenvalue weighted by atomic mass is 35.5. The smallest absolute Gasteiger partial charge is 0.179 e. The fourth-order valence-corrected chi connectivity index (χ4v) is 3.63. The largest absolute Gasteiger partial charge is 0.493 e. The highest BCUT2D eigenvalue weighted by Gasteiger charge is 2.16. The molecule has 2 rings (SSSR count). The van der Waals surface area contributed by atoms with Crippen LogP contribution in [0.3, 0.4) is 0 Å². The summed E-state index contributed by atoms with van der Waals surface area (Å²) in [7, 11) is 3.23. The van der Waals surface area contributed by atoms with E-state index in [1.807, 2.05) is 23.9 Å². The Morgan fingerprint density at radius 2 is 2.00 bits per heavy atom. The first kappa shape index (κ1) is 14.8. The number of hydrogen-bond acceptors (Lipinski definition) is 4. The van der Waals surface area contributed by atoms with Crippen LogP contribution < -0.4 is 14.8 Å². The van der Waals surface area contributed by atoms with Gasteiger partial charge >= 0.3 is 0 Å². The molecule has 0 saturated carbocycles. The van der Waals surface area contributed by atoms with Gasteiger partial charge in [0.2, 0.25) is 0 Å². The number of rotatable bonds is 5. The Hall–Kier alpha value is -0.580. The van der Waals surface area contributed by atoms with E-state index in [1.54, 1.807) is 14.2 Å². The van der Waals surface area contributed by atoms with Gasteiger partial charge in [-0.1, -0.05) is 17.7 Å². The summed E-state index contributed by atoms with van der Waals surface area (Å²) in [6, 6.07) is 4.50. The van der Waals surface area contributed by atoms with Crippen molar-refractivity contribution >= 4 is 23.4 Å². The lowest BCUT2D eigenvalue weighted by Gasteiger charge is -2.23. The Bertz CT molecular complexity index is 422. The number of halogens is 1. The van der Waals surface area contributed by atoms with Gasteiger partial charge in [0.05, 0.1) is 19.2 Å². The number of hydrogen-bond donors (Lipinski definition) is 1. The van der Waals surface area contributed by atoms with Crippen LogP contribution in [0.15, 0.2) is 12.1 Å². The van der Waals surface area contributed by atoms with Crippen molar-refractivity contribution in [3.63, 3.8) is 0 Å². The molecule has 1 heterocycles. The molecule has 1 aromatic rings. The Balaban J connectivity index is 2.03. The van der Waals surface area contributed by atoms with Gasteiger partial charge < -0.3 is 14.8 Å². The normalized spacial score (nSPS) is 16.4. The molecule has 106 valence electrons. The molecular formula is C14H20ClNO2S. The summed E-state index contributed by atoms with van der Waals surface area (Å²) in [5.74, 6) is 3.78. The molecule has 19 heavy (non-hydrogen) atoms. The average Bonchev–Trinajstić information content (AvgIpc) is 2.46. The molecule has 5 heteroatoms. The topological polar surface area (TPSA) is 30.5 Å². The fraction of sp³-hybridized carbons (Fsp3) is 0.571. The van der Waals surface area contributed by atoms with Crippen LogP contribution >= 0.6 is 23.4 Å². The third-order valence-corrected chi connectivity index (χ3v) is 4.83. The lowest BCUT2D eigenvalue weighted by Crippen LogP contribution is -2.32. The van der Waals surface area contributed by atoms with E-state index < -0.39 is 0 Å².